The SMILES string of the molecule is CC(C)N(C)C(=O)c1cn(-c2ccccc2Cl)nn1. The van der Waals surface area contributed by atoms with Crippen molar-refractivity contribution in [2.75, 3.05) is 7.05 Å². The number of benzene rings is 1. The van der Waals surface area contributed by atoms with Gasteiger partial charge in [0.25, 0.3) is 5.91 Å². The molecule has 0 saturated carbocycles. The largest absolute Gasteiger partial charge is 0.338 e. The van der Waals surface area contributed by atoms with Gasteiger partial charge in [0.2, 0.25) is 0 Å². The summed E-state index contributed by atoms with van der Waals surface area (Å²) in [5.41, 5.74) is 0.999. The van der Waals surface area contributed by atoms with Gasteiger partial charge in [-0.25, -0.2) is 4.68 Å². The maximum atomic E-state index is 12.1. The van der Waals surface area contributed by atoms with E-state index >= 15 is 0 Å². The van der Waals surface area contributed by atoms with Crippen LogP contribution in [0.4, 0.5) is 0 Å². The second kappa shape index (κ2) is 5.40. The summed E-state index contributed by atoms with van der Waals surface area (Å²) in [6.07, 6.45) is 1.59. The van der Waals surface area contributed by atoms with E-state index in [9.17, 15) is 4.79 Å². The summed E-state index contributed by atoms with van der Waals surface area (Å²) in [6.45, 7) is 3.88. The highest BCUT2D eigenvalue weighted by atomic mass is 35.5. The van der Waals surface area contributed by atoms with E-state index < -0.39 is 0 Å². The van der Waals surface area contributed by atoms with Crippen molar-refractivity contribution in [2.45, 2.75) is 19.9 Å². The van der Waals surface area contributed by atoms with Crippen LogP contribution in [0.15, 0.2) is 30.5 Å². The molecule has 0 bridgehead atoms. The Balaban J connectivity index is 2.30. The van der Waals surface area contributed by atoms with Crippen molar-refractivity contribution >= 4 is 17.5 Å². The van der Waals surface area contributed by atoms with E-state index in [0.29, 0.717) is 16.4 Å². The average molecular weight is 279 g/mol. The highest BCUT2D eigenvalue weighted by molar-refractivity contribution is 6.32. The molecule has 1 amide bonds. The zero-order chi connectivity index (χ0) is 14.0. The monoisotopic (exact) mass is 278 g/mol. The van der Waals surface area contributed by atoms with Crippen molar-refractivity contribution in [3.63, 3.8) is 0 Å². The molecule has 6 heteroatoms. The zero-order valence-corrected chi connectivity index (χ0v) is 11.8. The number of hydrogen-bond donors (Lipinski definition) is 0. The Morgan fingerprint density at radius 2 is 2.05 bits per heavy atom. The Morgan fingerprint density at radius 1 is 1.37 bits per heavy atom. The lowest BCUT2D eigenvalue weighted by molar-refractivity contribution is 0.0749. The number of rotatable bonds is 3. The van der Waals surface area contributed by atoms with Crippen molar-refractivity contribution in [2.24, 2.45) is 0 Å². The molecule has 0 aliphatic heterocycles. The Morgan fingerprint density at radius 3 is 2.68 bits per heavy atom. The summed E-state index contributed by atoms with van der Waals surface area (Å²) in [6, 6.07) is 7.38. The van der Waals surface area contributed by atoms with E-state index in [-0.39, 0.29) is 11.9 Å². The molecule has 19 heavy (non-hydrogen) atoms. The quantitative estimate of drug-likeness (QED) is 0.866. The molecular weight excluding hydrogens is 264 g/mol. The first kappa shape index (κ1) is 13.5. The minimum Gasteiger partial charge on any atom is -0.338 e. The molecular formula is C13H15ClN4O. The predicted octanol–water partition coefficient (Wildman–Crippen LogP) is 2.40. The first-order valence-electron chi connectivity index (χ1n) is 5.95. The van der Waals surface area contributed by atoms with Gasteiger partial charge in [-0.1, -0.05) is 28.9 Å². The number of carbonyl (C=O) groups is 1. The summed E-state index contributed by atoms with van der Waals surface area (Å²) in [7, 11) is 1.74. The molecule has 0 unspecified atom stereocenters. The molecule has 1 heterocycles. The van der Waals surface area contributed by atoms with Gasteiger partial charge in [-0.05, 0) is 26.0 Å². The fraction of sp³-hybridized carbons (Fsp3) is 0.308. The number of nitrogens with zero attached hydrogens (tertiary/aromatic N) is 4. The second-order valence-electron chi connectivity index (χ2n) is 4.51. The maximum Gasteiger partial charge on any atom is 0.276 e. The predicted molar refractivity (Wildman–Crippen MR) is 73.6 cm³/mol. The van der Waals surface area contributed by atoms with Gasteiger partial charge >= 0.3 is 0 Å². The van der Waals surface area contributed by atoms with Gasteiger partial charge < -0.3 is 4.90 Å². The van der Waals surface area contributed by atoms with Gasteiger partial charge in [-0.2, -0.15) is 0 Å². The van der Waals surface area contributed by atoms with Gasteiger partial charge in [0, 0.05) is 13.1 Å². The Kier molecular flexibility index (Phi) is 3.85. The molecule has 100 valence electrons. The third-order valence-electron chi connectivity index (χ3n) is 2.91. The van der Waals surface area contributed by atoms with Crippen LogP contribution in [-0.2, 0) is 0 Å². The highest BCUT2D eigenvalue weighted by Gasteiger charge is 2.18. The van der Waals surface area contributed by atoms with Crippen LogP contribution < -0.4 is 0 Å². The third-order valence-corrected chi connectivity index (χ3v) is 3.23. The van der Waals surface area contributed by atoms with Crippen LogP contribution in [0.25, 0.3) is 5.69 Å². The number of hydrogen-bond acceptors (Lipinski definition) is 3. The lowest BCUT2D eigenvalue weighted by atomic mass is 10.3. The van der Waals surface area contributed by atoms with Gasteiger partial charge in [0.05, 0.1) is 16.9 Å². The molecule has 0 aliphatic rings. The minimum absolute atomic E-state index is 0.109. The van der Waals surface area contributed by atoms with Crippen LogP contribution >= 0.6 is 11.6 Å². The van der Waals surface area contributed by atoms with Crippen LogP contribution in [0.2, 0.25) is 5.02 Å². The minimum atomic E-state index is -0.159. The van der Waals surface area contributed by atoms with Crippen molar-refractivity contribution in [1.82, 2.24) is 19.9 Å². The van der Waals surface area contributed by atoms with E-state index in [4.69, 9.17) is 11.6 Å². The summed E-state index contributed by atoms with van der Waals surface area (Å²) in [5, 5.41) is 8.40. The number of carbonyl (C=O) groups excluding carboxylic acids is 1. The van der Waals surface area contributed by atoms with E-state index in [1.165, 1.54) is 4.68 Å². The molecule has 1 aromatic heterocycles. The normalized spacial score (nSPS) is 10.8. The van der Waals surface area contributed by atoms with Gasteiger partial charge in [-0.15, -0.1) is 5.10 Å². The van der Waals surface area contributed by atoms with Crippen LogP contribution in [-0.4, -0.2) is 38.9 Å². The van der Waals surface area contributed by atoms with Crippen LogP contribution in [0.1, 0.15) is 24.3 Å². The number of amides is 1. The summed E-state index contributed by atoms with van der Waals surface area (Å²) < 4.78 is 1.50. The van der Waals surface area contributed by atoms with E-state index in [2.05, 4.69) is 10.3 Å². The molecule has 2 rings (SSSR count). The summed E-state index contributed by atoms with van der Waals surface area (Å²) >= 11 is 6.08. The Labute approximate surface area is 116 Å². The fourth-order valence-electron chi connectivity index (χ4n) is 1.53. The molecule has 0 fully saturated rings. The molecule has 1 aromatic carbocycles. The molecule has 0 N–H and O–H groups in total. The topological polar surface area (TPSA) is 51.0 Å². The van der Waals surface area contributed by atoms with Crippen molar-refractivity contribution < 1.29 is 4.79 Å². The lowest BCUT2D eigenvalue weighted by Crippen LogP contribution is -2.33. The molecule has 0 spiro atoms. The maximum absolute atomic E-state index is 12.1. The smallest absolute Gasteiger partial charge is 0.276 e. The van der Waals surface area contributed by atoms with Crippen molar-refractivity contribution in [3.05, 3.63) is 41.2 Å². The van der Waals surface area contributed by atoms with E-state index in [1.807, 2.05) is 32.0 Å². The lowest BCUT2D eigenvalue weighted by Gasteiger charge is -2.19. The van der Waals surface area contributed by atoms with Crippen LogP contribution in [0.3, 0.4) is 0 Å². The average Bonchev–Trinajstić information content (AvgIpc) is 2.86. The van der Waals surface area contributed by atoms with Crippen LogP contribution in [0, 0.1) is 0 Å². The number of aromatic nitrogens is 3. The third kappa shape index (κ3) is 2.76. The molecule has 0 radical (unpaired) electrons. The first-order valence-corrected chi connectivity index (χ1v) is 6.33. The van der Waals surface area contributed by atoms with Crippen LogP contribution in [0.5, 0.6) is 0 Å². The zero-order valence-electron chi connectivity index (χ0n) is 11.0. The Hall–Kier alpha value is -1.88. The van der Waals surface area contributed by atoms with E-state index in [0.717, 1.165) is 0 Å². The first-order chi connectivity index (χ1) is 9.00. The number of para-hydroxylation sites is 1. The molecule has 5 nitrogen and oxygen atoms in total. The summed E-state index contributed by atoms with van der Waals surface area (Å²) in [4.78, 5) is 13.7. The highest BCUT2D eigenvalue weighted by Crippen LogP contribution is 2.18. The van der Waals surface area contributed by atoms with Crippen molar-refractivity contribution in [1.29, 1.82) is 0 Å². The Bertz CT molecular complexity index is 594. The molecule has 2 aromatic rings. The summed E-state index contributed by atoms with van der Waals surface area (Å²) in [5.74, 6) is -0.159. The van der Waals surface area contributed by atoms with Crippen molar-refractivity contribution in [3.8, 4) is 5.69 Å². The standard InChI is InChI=1S/C13H15ClN4O/c1-9(2)17(3)13(19)11-8-18(16-15-11)12-7-5-4-6-10(12)14/h4-9H,1-3H3. The number of halogens is 1. The molecule has 0 saturated heterocycles. The molecule has 0 aliphatic carbocycles. The van der Waals surface area contributed by atoms with E-state index in [1.54, 1.807) is 24.2 Å². The van der Waals surface area contributed by atoms with Gasteiger partial charge in [-0.3, -0.25) is 4.79 Å². The molecule has 0 atom stereocenters. The second-order valence-corrected chi connectivity index (χ2v) is 4.92. The van der Waals surface area contributed by atoms with Gasteiger partial charge in [0.1, 0.15) is 0 Å². The fourth-order valence-corrected chi connectivity index (χ4v) is 1.75. The van der Waals surface area contributed by atoms with Gasteiger partial charge in [0.15, 0.2) is 5.69 Å².